The van der Waals surface area contributed by atoms with Gasteiger partial charge in [-0.05, 0) is 53.0 Å². The van der Waals surface area contributed by atoms with Gasteiger partial charge in [0.05, 0.1) is 6.61 Å². The normalized spacial score (nSPS) is 39.5. The smallest absolute Gasteiger partial charge is 0.113 e. The van der Waals surface area contributed by atoms with Crippen LogP contribution in [0.4, 0.5) is 0 Å². The lowest BCUT2D eigenvalue weighted by atomic mass is 9.90. The molecule has 0 aromatic heterocycles. The van der Waals surface area contributed by atoms with E-state index in [2.05, 4.69) is 31.2 Å². The van der Waals surface area contributed by atoms with Crippen LogP contribution in [0.5, 0.6) is 0 Å². The topological polar surface area (TPSA) is 90.2 Å². The Bertz CT molecular complexity index is 939. The molecule has 3 aliphatic rings. The Morgan fingerprint density at radius 2 is 1.73 bits per heavy atom. The molecule has 1 heterocycles. The number of aliphatic hydroxyl groups excluding tert-OH is 4. The highest BCUT2D eigenvalue weighted by Crippen LogP contribution is 2.79. The average Bonchev–Trinajstić information content (AvgIpc) is 3.64. The van der Waals surface area contributed by atoms with Gasteiger partial charge in [-0.1, -0.05) is 54.9 Å². The maximum absolute atomic E-state index is 10.4. The molecular weight excluding hydrogens is 404 g/mol. The molecule has 1 saturated heterocycles. The number of hydrogen-bond donors (Lipinski definition) is 4. The van der Waals surface area contributed by atoms with Gasteiger partial charge in [-0.3, -0.25) is 0 Å². The van der Waals surface area contributed by atoms with Crippen molar-refractivity contribution in [2.75, 3.05) is 6.61 Å². The largest absolute Gasteiger partial charge is 0.394 e. The van der Waals surface area contributed by atoms with E-state index in [1.165, 1.54) is 12.0 Å². The van der Waals surface area contributed by atoms with Gasteiger partial charge in [-0.15, -0.1) is 0 Å². The summed E-state index contributed by atoms with van der Waals surface area (Å²) in [6, 6.07) is 14.1. The zero-order valence-corrected chi connectivity index (χ0v) is 17.5. The minimum atomic E-state index is -1.40. The summed E-state index contributed by atoms with van der Waals surface area (Å²) in [5.74, 6) is 1.70. The molecule has 0 spiro atoms. The monoisotopic (exact) mass is 430 g/mol. The van der Waals surface area contributed by atoms with Crippen LogP contribution in [0.15, 0.2) is 42.5 Å². The minimum Gasteiger partial charge on any atom is -0.394 e. The van der Waals surface area contributed by atoms with E-state index in [9.17, 15) is 20.4 Å². The van der Waals surface area contributed by atoms with E-state index in [4.69, 9.17) is 16.3 Å². The van der Waals surface area contributed by atoms with E-state index >= 15 is 0 Å². The van der Waals surface area contributed by atoms with Crippen molar-refractivity contribution in [1.29, 1.82) is 0 Å². The molecular formula is C24H27ClO5. The van der Waals surface area contributed by atoms with Crippen molar-refractivity contribution in [2.45, 2.75) is 55.7 Å². The van der Waals surface area contributed by atoms with Crippen molar-refractivity contribution >= 4 is 11.6 Å². The van der Waals surface area contributed by atoms with E-state index in [1.54, 1.807) is 12.1 Å². The summed E-state index contributed by atoms with van der Waals surface area (Å²) >= 11 is 6.44. The van der Waals surface area contributed by atoms with Crippen molar-refractivity contribution in [2.24, 2.45) is 11.8 Å². The Balaban J connectivity index is 1.36. The summed E-state index contributed by atoms with van der Waals surface area (Å²) < 4.78 is 5.68. The third kappa shape index (κ3) is 3.11. The van der Waals surface area contributed by atoms with Gasteiger partial charge in [0.1, 0.15) is 30.5 Å². The number of hydrogen-bond acceptors (Lipinski definition) is 5. The maximum atomic E-state index is 10.4. The second-order valence-electron chi connectivity index (χ2n) is 9.11. The first-order valence-corrected chi connectivity index (χ1v) is 10.9. The van der Waals surface area contributed by atoms with Crippen molar-refractivity contribution in [3.63, 3.8) is 0 Å². The minimum absolute atomic E-state index is 0.449. The first-order valence-electron chi connectivity index (χ1n) is 10.5. The van der Waals surface area contributed by atoms with Crippen molar-refractivity contribution < 1.29 is 25.2 Å². The molecule has 4 N–H and O–H groups in total. The fourth-order valence-corrected chi connectivity index (χ4v) is 5.45. The van der Waals surface area contributed by atoms with Gasteiger partial charge in [0.2, 0.25) is 0 Å². The SMILES string of the molecule is CC1C2CC12c1ccc(Cc2cc([C@@H]3O[C@H](CO)[C@@H](O)C(O)[C@H]3O)ccc2Cl)cc1. The van der Waals surface area contributed by atoms with Gasteiger partial charge in [0.15, 0.2) is 0 Å². The summed E-state index contributed by atoms with van der Waals surface area (Å²) in [5, 5.41) is 40.5. The van der Waals surface area contributed by atoms with Crippen LogP contribution in [0.25, 0.3) is 0 Å². The van der Waals surface area contributed by atoms with E-state index < -0.39 is 37.1 Å². The van der Waals surface area contributed by atoms with Crippen LogP contribution in [0.1, 0.15) is 41.7 Å². The first kappa shape index (κ1) is 20.4. The van der Waals surface area contributed by atoms with Crippen LogP contribution in [0, 0.1) is 11.8 Å². The van der Waals surface area contributed by atoms with Crippen molar-refractivity contribution in [3.8, 4) is 0 Å². The summed E-state index contributed by atoms with van der Waals surface area (Å²) in [6.45, 7) is 1.88. The van der Waals surface area contributed by atoms with E-state index in [-0.39, 0.29) is 0 Å². The standard InChI is InChI=1S/C24H27ClO5/c1-12-17-10-24(12,17)16-5-2-13(3-6-16)8-15-9-14(4-7-18(15)25)23-22(29)21(28)20(27)19(11-26)30-23/h2-7,9,12,17,19-23,26-29H,8,10-11H2,1H3/t12?,17?,19-,20-,21?,22-,23+,24?/m1/s1. The molecule has 2 aromatic rings. The Morgan fingerprint density at radius 1 is 1.03 bits per heavy atom. The molecule has 160 valence electrons. The van der Waals surface area contributed by atoms with E-state index in [0.29, 0.717) is 22.4 Å². The maximum Gasteiger partial charge on any atom is 0.113 e. The Labute approximate surface area is 180 Å². The fourth-order valence-electron chi connectivity index (χ4n) is 5.27. The molecule has 8 atom stereocenters. The van der Waals surface area contributed by atoms with Gasteiger partial charge >= 0.3 is 0 Å². The average molecular weight is 431 g/mol. The zero-order valence-electron chi connectivity index (χ0n) is 16.8. The number of fused-ring (bicyclic) bond motifs is 1. The van der Waals surface area contributed by atoms with Crippen LogP contribution < -0.4 is 0 Å². The predicted octanol–water partition coefficient (Wildman–Crippen LogP) is 2.35. The summed E-state index contributed by atoms with van der Waals surface area (Å²) in [5.41, 5.74) is 4.58. The molecule has 30 heavy (non-hydrogen) atoms. The molecule has 3 fully saturated rings. The van der Waals surface area contributed by atoms with E-state index in [1.807, 2.05) is 6.07 Å². The molecule has 2 saturated carbocycles. The first-order chi connectivity index (χ1) is 14.4. The van der Waals surface area contributed by atoms with Crippen LogP contribution in [0.2, 0.25) is 5.02 Å². The molecule has 1 aliphatic heterocycles. The Hall–Kier alpha value is -1.47. The van der Waals surface area contributed by atoms with Crippen LogP contribution >= 0.6 is 11.6 Å². The second kappa shape index (κ2) is 7.30. The summed E-state index contributed by atoms with van der Waals surface area (Å²) in [7, 11) is 0. The van der Waals surface area contributed by atoms with Gasteiger partial charge < -0.3 is 25.2 Å². The molecule has 6 heteroatoms. The lowest BCUT2D eigenvalue weighted by Gasteiger charge is -2.40. The third-order valence-electron chi connectivity index (χ3n) is 7.54. The summed E-state index contributed by atoms with van der Waals surface area (Å²) in [4.78, 5) is 0. The molecule has 2 aliphatic carbocycles. The van der Waals surface area contributed by atoms with Crippen molar-refractivity contribution in [3.05, 3.63) is 69.7 Å². The number of benzene rings is 2. The lowest BCUT2D eigenvalue weighted by Crippen LogP contribution is -2.55. The van der Waals surface area contributed by atoms with Crippen molar-refractivity contribution in [1.82, 2.24) is 0 Å². The molecule has 5 nitrogen and oxygen atoms in total. The Kier molecular flexibility index (Phi) is 4.97. The number of halogens is 1. The zero-order chi connectivity index (χ0) is 21.2. The molecule has 2 aromatic carbocycles. The van der Waals surface area contributed by atoms with Crippen LogP contribution in [-0.2, 0) is 16.6 Å². The van der Waals surface area contributed by atoms with Gasteiger partial charge in [-0.25, -0.2) is 0 Å². The molecule has 0 radical (unpaired) electrons. The lowest BCUT2D eigenvalue weighted by molar-refractivity contribution is -0.231. The highest BCUT2D eigenvalue weighted by molar-refractivity contribution is 6.31. The van der Waals surface area contributed by atoms with Crippen LogP contribution in [-0.4, -0.2) is 51.4 Å². The fraction of sp³-hybridized carbons (Fsp3) is 0.500. The quantitative estimate of drug-likeness (QED) is 0.584. The van der Waals surface area contributed by atoms with E-state index in [0.717, 1.165) is 23.0 Å². The number of rotatable bonds is 5. The highest BCUT2D eigenvalue weighted by atomic mass is 35.5. The van der Waals surface area contributed by atoms with Gasteiger partial charge in [0.25, 0.3) is 0 Å². The highest BCUT2D eigenvalue weighted by Gasteiger charge is 2.76. The second-order valence-corrected chi connectivity index (χ2v) is 9.52. The third-order valence-corrected chi connectivity index (χ3v) is 7.91. The molecule has 4 unspecified atom stereocenters. The van der Waals surface area contributed by atoms with Crippen LogP contribution in [0.3, 0.4) is 0 Å². The Morgan fingerprint density at radius 3 is 2.33 bits per heavy atom. The number of aliphatic hydroxyl groups is 4. The van der Waals surface area contributed by atoms with Gasteiger partial charge in [0, 0.05) is 10.4 Å². The summed E-state index contributed by atoms with van der Waals surface area (Å²) in [6.07, 6.45) is -3.91. The molecule has 5 rings (SSSR count). The predicted molar refractivity (Wildman–Crippen MR) is 112 cm³/mol. The number of ether oxygens (including phenoxy) is 1. The molecule has 0 amide bonds. The van der Waals surface area contributed by atoms with Gasteiger partial charge in [-0.2, -0.15) is 0 Å². The molecule has 0 bridgehead atoms.